The molecule has 3 rings (SSSR count). The molecule has 6 heteroatoms. The number of benzene rings is 1. The molecule has 1 heterocycles. The summed E-state index contributed by atoms with van der Waals surface area (Å²) in [6.45, 7) is 6.69. The standard InChI is InChI=1S/C22H29N3O3/c1-5-19-18-9-7-6-8-16(18)10-11-25(19)20(26)24-17-12-15(13-17)14-23-21(27)28-22(2,3)4/h1,6-9,15,17,19H,10-14H2,2-4H3,(H,23,27)(H,24,26)/t15-,17+,19-/m0/s1. The highest BCUT2D eigenvalue weighted by Gasteiger charge is 2.35. The molecule has 1 aromatic rings. The molecule has 1 atom stereocenters. The van der Waals surface area contributed by atoms with Gasteiger partial charge in [0.15, 0.2) is 0 Å². The van der Waals surface area contributed by atoms with Crippen LogP contribution in [0.3, 0.4) is 0 Å². The normalized spacial score (nSPS) is 23.6. The van der Waals surface area contributed by atoms with E-state index >= 15 is 0 Å². The zero-order valence-corrected chi connectivity index (χ0v) is 16.8. The van der Waals surface area contributed by atoms with E-state index < -0.39 is 11.7 Å². The fourth-order valence-corrected chi connectivity index (χ4v) is 3.78. The number of urea groups is 1. The number of rotatable bonds is 3. The van der Waals surface area contributed by atoms with Gasteiger partial charge in [0.05, 0.1) is 0 Å². The van der Waals surface area contributed by atoms with Crippen LogP contribution in [0.25, 0.3) is 0 Å². The number of alkyl carbamates (subject to hydrolysis) is 1. The van der Waals surface area contributed by atoms with Crippen LogP contribution in [0.5, 0.6) is 0 Å². The zero-order valence-electron chi connectivity index (χ0n) is 16.8. The first-order valence-corrected chi connectivity index (χ1v) is 9.84. The molecule has 2 aliphatic rings. The highest BCUT2D eigenvalue weighted by Crippen LogP contribution is 2.31. The van der Waals surface area contributed by atoms with Crippen LogP contribution < -0.4 is 10.6 Å². The van der Waals surface area contributed by atoms with E-state index in [0.29, 0.717) is 19.0 Å². The Morgan fingerprint density at radius 3 is 2.68 bits per heavy atom. The van der Waals surface area contributed by atoms with E-state index in [4.69, 9.17) is 11.2 Å². The molecule has 1 fully saturated rings. The first-order chi connectivity index (χ1) is 13.3. The van der Waals surface area contributed by atoms with Gasteiger partial charge in [0.1, 0.15) is 11.6 Å². The second-order valence-electron chi connectivity index (χ2n) is 8.58. The minimum absolute atomic E-state index is 0.110. The van der Waals surface area contributed by atoms with E-state index in [1.165, 1.54) is 5.56 Å². The van der Waals surface area contributed by atoms with Crippen molar-refractivity contribution in [3.05, 3.63) is 35.4 Å². The van der Waals surface area contributed by atoms with E-state index in [9.17, 15) is 9.59 Å². The van der Waals surface area contributed by atoms with Crippen molar-refractivity contribution in [3.8, 4) is 12.3 Å². The number of ether oxygens (including phenoxy) is 1. The van der Waals surface area contributed by atoms with Gasteiger partial charge in [-0.25, -0.2) is 9.59 Å². The molecule has 150 valence electrons. The van der Waals surface area contributed by atoms with Crippen LogP contribution in [0.2, 0.25) is 0 Å². The van der Waals surface area contributed by atoms with Crippen molar-refractivity contribution in [1.82, 2.24) is 15.5 Å². The van der Waals surface area contributed by atoms with Gasteiger partial charge >= 0.3 is 12.1 Å². The summed E-state index contributed by atoms with van der Waals surface area (Å²) in [5.41, 5.74) is 1.76. The van der Waals surface area contributed by atoms with Crippen molar-refractivity contribution in [3.63, 3.8) is 0 Å². The van der Waals surface area contributed by atoms with E-state index in [-0.39, 0.29) is 18.1 Å². The number of nitrogens with zero attached hydrogens (tertiary/aromatic N) is 1. The summed E-state index contributed by atoms with van der Waals surface area (Å²) in [5.74, 6) is 3.11. The van der Waals surface area contributed by atoms with Crippen LogP contribution in [0.4, 0.5) is 9.59 Å². The molecule has 0 radical (unpaired) electrons. The molecule has 1 saturated carbocycles. The number of carbonyl (C=O) groups is 2. The molecule has 0 unspecified atom stereocenters. The maximum absolute atomic E-state index is 12.7. The number of carbonyl (C=O) groups excluding carboxylic acids is 2. The molecule has 1 aliphatic carbocycles. The Morgan fingerprint density at radius 1 is 1.29 bits per heavy atom. The SMILES string of the molecule is C#C[C@H]1c2ccccc2CCN1C(=O)N[C@H]1C[C@@H](CNC(=O)OC(C)(C)C)C1. The van der Waals surface area contributed by atoms with Crippen LogP contribution in [0, 0.1) is 18.3 Å². The lowest BCUT2D eigenvalue weighted by atomic mass is 9.80. The van der Waals surface area contributed by atoms with Crippen molar-refractivity contribution in [1.29, 1.82) is 0 Å². The molecule has 0 aromatic heterocycles. The minimum Gasteiger partial charge on any atom is -0.444 e. The number of nitrogens with one attached hydrogen (secondary N) is 2. The number of hydrogen-bond donors (Lipinski definition) is 2. The highest BCUT2D eigenvalue weighted by molar-refractivity contribution is 5.76. The van der Waals surface area contributed by atoms with Gasteiger partial charge in [0.25, 0.3) is 0 Å². The van der Waals surface area contributed by atoms with Crippen molar-refractivity contribution in [2.75, 3.05) is 13.1 Å². The smallest absolute Gasteiger partial charge is 0.407 e. The third kappa shape index (κ3) is 4.78. The van der Waals surface area contributed by atoms with E-state index in [2.05, 4.69) is 22.6 Å². The van der Waals surface area contributed by atoms with Gasteiger partial charge in [-0.1, -0.05) is 30.2 Å². The Morgan fingerprint density at radius 2 is 2.00 bits per heavy atom. The van der Waals surface area contributed by atoms with Gasteiger partial charge in [-0.2, -0.15) is 0 Å². The van der Waals surface area contributed by atoms with Crippen molar-refractivity contribution < 1.29 is 14.3 Å². The number of terminal acetylenes is 1. The summed E-state index contributed by atoms with van der Waals surface area (Å²) in [5, 5.41) is 5.88. The van der Waals surface area contributed by atoms with Crippen molar-refractivity contribution in [2.24, 2.45) is 5.92 Å². The summed E-state index contributed by atoms with van der Waals surface area (Å²) in [6.07, 6.45) is 7.83. The van der Waals surface area contributed by atoms with Gasteiger partial charge in [0, 0.05) is 19.1 Å². The van der Waals surface area contributed by atoms with Crippen LogP contribution in [0.1, 0.15) is 50.8 Å². The Hall–Kier alpha value is -2.68. The molecule has 0 spiro atoms. The predicted octanol–water partition coefficient (Wildman–Crippen LogP) is 3.23. The quantitative estimate of drug-likeness (QED) is 0.788. The van der Waals surface area contributed by atoms with Gasteiger partial charge in [-0.05, 0) is 57.1 Å². The Balaban J connectivity index is 1.45. The average molecular weight is 383 g/mol. The molecular formula is C22H29N3O3. The first-order valence-electron chi connectivity index (χ1n) is 9.84. The second-order valence-corrected chi connectivity index (χ2v) is 8.58. The lowest BCUT2D eigenvalue weighted by Gasteiger charge is -2.39. The van der Waals surface area contributed by atoms with Gasteiger partial charge < -0.3 is 20.3 Å². The molecule has 2 N–H and O–H groups in total. The fourth-order valence-electron chi connectivity index (χ4n) is 3.78. The molecular weight excluding hydrogens is 354 g/mol. The summed E-state index contributed by atoms with van der Waals surface area (Å²) in [7, 11) is 0. The third-order valence-corrected chi connectivity index (χ3v) is 5.20. The van der Waals surface area contributed by atoms with Gasteiger partial charge in [-0.15, -0.1) is 6.42 Å². The van der Waals surface area contributed by atoms with Crippen LogP contribution >= 0.6 is 0 Å². The average Bonchev–Trinajstić information content (AvgIpc) is 2.60. The minimum atomic E-state index is -0.499. The number of hydrogen-bond acceptors (Lipinski definition) is 3. The van der Waals surface area contributed by atoms with Crippen LogP contribution in [-0.2, 0) is 11.2 Å². The largest absolute Gasteiger partial charge is 0.444 e. The summed E-state index contributed by atoms with van der Waals surface area (Å²) in [4.78, 5) is 26.2. The second kappa shape index (κ2) is 8.14. The first kappa shape index (κ1) is 20.1. The summed E-state index contributed by atoms with van der Waals surface area (Å²) >= 11 is 0. The Kier molecular flexibility index (Phi) is 5.83. The third-order valence-electron chi connectivity index (χ3n) is 5.20. The van der Waals surface area contributed by atoms with E-state index in [1.54, 1.807) is 4.90 Å². The van der Waals surface area contributed by atoms with E-state index in [1.807, 2.05) is 39.0 Å². The van der Waals surface area contributed by atoms with Crippen LogP contribution in [-0.4, -0.2) is 41.8 Å². The Labute approximate surface area is 167 Å². The number of fused-ring (bicyclic) bond motifs is 1. The summed E-state index contributed by atoms with van der Waals surface area (Å²) < 4.78 is 5.24. The van der Waals surface area contributed by atoms with Crippen molar-refractivity contribution in [2.45, 2.75) is 57.7 Å². The van der Waals surface area contributed by atoms with E-state index in [0.717, 1.165) is 24.8 Å². The maximum Gasteiger partial charge on any atom is 0.407 e. The van der Waals surface area contributed by atoms with Crippen molar-refractivity contribution >= 4 is 12.1 Å². The predicted molar refractivity (Wildman–Crippen MR) is 108 cm³/mol. The van der Waals surface area contributed by atoms with Gasteiger partial charge in [-0.3, -0.25) is 0 Å². The Bertz CT molecular complexity index is 772. The van der Waals surface area contributed by atoms with Gasteiger partial charge in [0.2, 0.25) is 0 Å². The number of amides is 3. The monoisotopic (exact) mass is 383 g/mol. The molecule has 3 amide bonds. The fraction of sp³-hybridized carbons (Fsp3) is 0.545. The topological polar surface area (TPSA) is 70.7 Å². The summed E-state index contributed by atoms with van der Waals surface area (Å²) in [6, 6.07) is 7.72. The highest BCUT2D eigenvalue weighted by atomic mass is 16.6. The van der Waals surface area contributed by atoms with Crippen LogP contribution in [0.15, 0.2) is 24.3 Å². The molecule has 1 aliphatic heterocycles. The molecule has 0 saturated heterocycles. The zero-order chi connectivity index (χ0) is 20.3. The lowest BCUT2D eigenvalue weighted by Crippen LogP contribution is -2.53. The molecule has 28 heavy (non-hydrogen) atoms. The molecule has 6 nitrogen and oxygen atoms in total. The molecule has 1 aromatic carbocycles. The lowest BCUT2D eigenvalue weighted by molar-refractivity contribution is 0.0503. The molecule has 0 bridgehead atoms. The maximum atomic E-state index is 12.7.